The molecule has 1 saturated heterocycles. The molecule has 2 aliphatic rings. The lowest BCUT2D eigenvalue weighted by Crippen LogP contribution is -2.55. The van der Waals surface area contributed by atoms with Crippen LogP contribution in [0.15, 0.2) is 60.0 Å². The molecule has 0 saturated carbocycles. The summed E-state index contributed by atoms with van der Waals surface area (Å²) in [5.41, 5.74) is 1.19. The van der Waals surface area contributed by atoms with Crippen molar-refractivity contribution in [2.75, 3.05) is 19.6 Å². The highest BCUT2D eigenvalue weighted by Gasteiger charge is 2.37. The van der Waals surface area contributed by atoms with Crippen LogP contribution >= 0.6 is 12.2 Å². The number of hydrogen-bond acceptors (Lipinski definition) is 4. The van der Waals surface area contributed by atoms with Gasteiger partial charge in [-0.15, -0.1) is 0 Å². The number of carbonyl (C=O) groups is 2. The van der Waals surface area contributed by atoms with Crippen molar-refractivity contribution in [2.24, 2.45) is 0 Å². The molecule has 0 N–H and O–H groups in total. The number of hydrogen-bond donors (Lipinski definition) is 0. The highest BCUT2D eigenvalue weighted by Crippen LogP contribution is 2.17. The van der Waals surface area contributed by atoms with E-state index in [2.05, 4.69) is 11.8 Å². The van der Waals surface area contributed by atoms with Crippen molar-refractivity contribution in [2.45, 2.75) is 20.8 Å². The standard InChI is InChI=1S/C19H23N3O2S/c1-4-20-14-10-9-12-15(20)11-7-8-13-16-17(23)21(5-2)19(25)22(6-3)18(16)24/h7-14H,4-6H2,1-3H3/b8-7+,15-11-. The summed E-state index contributed by atoms with van der Waals surface area (Å²) in [6, 6.07) is 0. The summed E-state index contributed by atoms with van der Waals surface area (Å²) < 4.78 is 0. The summed E-state index contributed by atoms with van der Waals surface area (Å²) in [5.74, 6) is -0.676. The predicted octanol–water partition coefficient (Wildman–Crippen LogP) is 2.75. The first kappa shape index (κ1) is 18.9. The molecule has 1 fully saturated rings. The Morgan fingerprint density at radius 2 is 1.52 bits per heavy atom. The van der Waals surface area contributed by atoms with Gasteiger partial charge in [0, 0.05) is 31.5 Å². The fourth-order valence-electron chi connectivity index (χ4n) is 2.64. The van der Waals surface area contributed by atoms with Crippen molar-refractivity contribution < 1.29 is 9.59 Å². The zero-order chi connectivity index (χ0) is 18.4. The molecular formula is C19H23N3O2S. The van der Waals surface area contributed by atoms with E-state index < -0.39 is 0 Å². The third-order valence-electron chi connectivity index (χ3n) is 4.00. The van der Waals surface area contributed by atoms with Crippen LogP contribution < -0.4 is 0 Å². The van der Waals surface area contributed by atoms with Gasteiger partial charge >= 0.3 is 0 Å². The van der Waals surface area contributed by atoms with Gasteiger partial charge in [-0.25, -0.2) is 0 Å². The predicted molar refractivity (Wildman–Crippen MR) is 103 cm³/mol. The van der Waals surface area contributed by atoms with Crippen LogP contribution in [-0.4, -0.2) is 51.3 Å². The van der Waals surface area contributed by atoms with Crippen LogP contribution in [0.2, 0.25) is 0 Å². The second kappa shape index (κ2) is 8.58. The van der Waals surface area contributed by atoms with E-state index in [4.69, 9.17) is 12.2 Å². The second-order valence-corrected chi connectivity index (χ2v) is 5.79. The Kier molecular flexibility index (Phi) is 6.47. The van der Waals surface area contributed by atoms with Gasteiger partial charge in [0.2, 0.25) is 0 Å². The van der Waals surface area contributed by atoms with Gasteiger partial charge in [-0.2, -0.15) is 0 Å². The van der Waals surface area contributed by atoms with Gasteiger partial charge in [-0.3, -0.25) is 19.4 Å². The van der Waals surface area contributed by atoms with E-state index in [9.17, 15) is 9.59 Å². The normalized spacial score (nSPS) is 19.8. The van der Waals surface area contributed by atoms with Crippen molar-refractivity contribution >= 4 is 29.1 Å². The molecule has 0 aromatic rings. The first-order chi connectivity index (χ1) is 12.0. The zero-order valence-corrected chi connectivity index (χ0v) is 15.6. The van der Waals surface area contributed by atoms with Gasteiger partial charge in [0.1, 0.15) is 5.57 Å². The molecule has 0 unspecified atom stereocenters. The SMILES string of the molecule is CCN1C(=O)C(=C/C=C/C=C2/C=CC=CN2CC)C(=O)N(CC)C1=S. The molecule has 2 heterocycles. The van der Waals surface area contributed by atoms with Gasteiger partial charge in [0.25, 0.3) is 11.8 Å². The lowest BCUT2D eigenvalue weighted by molar-refractivity contribution is -0.133. The number of amides is 2. The molecule has 0 spiro atoms. The molecule has 0 aromatic heterocycles. The first-order valence-corrected chi connectivity index (χ1v) is 8.83. The Balaban J connectivity index is 2.22. The fraction of sp³-hybridized carbons (Fsp3) is 0.316. The maximum Gasteiger partial charge on any atom is 0.265 e. The molecule has 2 rings (SSSR count). The van der Waals surface area contributed by atoms with Crippen molar-refractivity contribution in [3.8, 4) is 0 Å². The monoisotopic (exact) mass is 357 g/mol. The maximum absolute atomic E-state index is 12.5. The van der Waals surface area contributed by atoms with Crippen LogP contribution in [0.4, 0.5) is 0 Å². The van der Waals surface area contributed by atoms with E-state index in [0.29, 0.717) is 13.1 Å². The minimum absolute atomic E-state index is 0.137. The van der Waals surface area contributed by atoms with Crippen LogP contribution in [0.25, 0.3) is 0 Å². The Hall–Kier alpha value is -2.47. The summed E-state index contributed by atoms with van der Waals surface area (Å²) in [6.45, 7) is 7.50. The number of rotatable bonds is 5. The molecule has 6 heteroatoms. The lowest BCUT2D eigenvalue weighted by Gasteiger charge is -2.35. The summed E-state index contributed by atoms with van der Waals surface area (Å²) in [6.07, 6.45) is 15.0. The Morgan fingerprint density at radius 3 is 2.08 bits per heavy atom. The van der Waals surface area contributed by atoms with Crippen LogP contribution in [0.3, 0.4) is 0 Å². The molecule has 25 heavy (non-hydrogen) atoms. The quantitative estimate of drug-likeness (QED) is 0.431. The number of carbonyl (C=O) groups excluding carboxylic acids is 2. The van der Waals surface area contributed by atoms with Crippen molar-refractivity contribution in [3.05, 3.63) is 60.0 Å². The van der Waals surface area contributed by atoms with E-state index >= 15 is 0 Å². The topological polar surface area (TPSA) is 43.9 Å². The van der Waals surface area contributed by atoms with E-state index in [1.54, 1.807) is 12.2 Å². The van der Waals surface area contributed by atoms with Gasteiger partial charge in [0.05, 0.1) is 0 Å². The zero-order valence-electron chi connectivity index (χ0n) is 14.8. The minimum atomic E-state index is -0.338. The second-order valence-electron chi connectivity index (χ2n) is 5.42. The summed E-state index contributed by atoms with van der Waals surface area (Å²) in [7, 11) is 0. The van der Waals surface area contributed by atoms with Crippen molar-refractivity contribution in [3.63, 3.8) is 0 Å². The summed E-state index contributed by atoms with van der Waals surface area (Å²) in [4.78, 5) is 30.0. The summed E-state index contributed by atoms with van der Waals surface area (Å²) >= 11 is 5.24. The molecule has 2 amide bonds. The minimum Gasteiger partial charge on any atom is -0.348 e. The van der Waals surface area contributed by atoms with Crippen LogP contribution in [-0.2, 0) is 9.59 Å². The first-order valence-electron chi connectivity index (χ1n) is 8.42. The number of nitrogens with zero attached hydrogens (tertiary/aromatic N) is 3. The van der Waals surface area contributed by atoms with E-state index in [0.717, 1.165) is 12.2 Å². The highest BCUT2D eigenvalue weighted by molar-refractivity contribution is 7.80. The molecule has 0 aromatic carbocycles. The molecule has 5 nitrogen and oxygen atoms in total. The van der Waals surface area contributed by atoms with E-state index in [1.165, 1.54) is 9.80 Å². The molecule has 0 bridgehead atoms. The van der Waals surface area contributed by atoms with Gasteiger partial charge < -0.3 is 4.90 Å². The van der Waals surface area contributed by atoms with Crippen LogP contribution in [0, 0.1) is 0 Å². The number of likely N-dealkylation sites (N-methyl/N-ethyl adjacent to an activating group) is 3. The third-order valence-corrected chi connectivity index (χ3v) is 4.44. The van der Waals surface area contributed by atoms with E-state index in [-0.39, 0.29) is 22.5 Å². The number of allylic oxidation sites excluding steroid dienone is 7. The molecule has 2 aliphatic heterocycles. The molecular weight excluding hydrogens is 334 g/mol. The fourth-order valence-corrected chi connectivity index (χ4v) is 3.06. The third kappa shape index (κ3) is 3.96. The Labute approximate surface area is 154 Å². The Bertz CT molecular complexity index is 688. The molecule has 0 atom stereocenters. The van der Waals surface area contributed by atoms with Crippen LogP contribution in [0.1, 0.15) is 20.8 Å². The van der Waals surface area contributed by atoms with E-state index in [1.807, 2.05) is 50.4 Å². The summed E-state index contributed by atoms with van der Waals surface area (Å²) in [5, 5.41) is 0.279. The maximum atomic E-state index is 12.5. The number of thiocarbonyl (C=S) groups is 1. The van der Waals surface area contributed by atoms with Crippen molar-refractivity contribution in [1.82, 2.24) is 14.7 Å². The average Bonchev–Trinajstić information content (AvgIpc) is 2.62. The molecule has 0 radical (unpaired) electrons. The molecule has 0 aliphatic carbocycles. The van der Waals surface area contributed by atoms with Gasteiger partial charge in [-0.05, 0) is 57.3 Å². The largest absolute Gasteiger partial charge is 0.348 e. The van der Waals surface area contributed by atoms with Gasteiger partial charge in [0.15, 0.2) is 5.11 Å². The lowest BCUT2D eigenvalue weighted by atomic mass is 10.1. The molecule has 132 valence electrons. The van der Waals surface area contributed by atoms with Crippen LogP contribution in [0.5, 0.6) is 0 Å². The smallest absolute Gasteiger partial charge is 0.265 e. The Morgan fingerprint density at radius 1 is 0.920 bits per heavy atom. The van der Waals surface area contributed by atoms with Crippen molar-refractivity contribution in [1.29, 1.82) is 0 Å². The highest BCUT2D eigenvalue weighted by atomic mass is 32.1. The average molecular weight is 357 g/mol. The van der Waals surface area contributed by atoms with Gasteiger partial charge in [-0.1, -0.05) is 18.2 Å².